The quantitative estimate of drug-likeness (QED) is 0.596. The molecule has 1 atom stereocenters. The largest absolute Gasteiger partial charge is 0.307 e. The minimum Gasteiger partial charge on any atom is -0.307 e. The van der Waals surface area contributed by atoms with Crippen molar-refractivity contribution in [2.24, 2.45) is 10.7 Å². The van der Waals surface area contributed by atoms with Gasteiger partial charge in [-0.3, -0.25) is 4.99 Å². The zero-order chi connectivity index (χ0) is 7.49. The Morgan fingerprint density at radius 3 is 2.33 bits per heavy atom. The second kappa shape index (κ2) is 3.18. The van der Waals surface area contributed by atoms with E-state index in [4.69, 9.17) is 17.3 Å². The Morgan fingerprint density at radius 1 is 1.78 bits per heavy atom. The van der Waals surface area contributed by atoms with Crippen LogP contribution in [0.25, 0.3) is 0 Å². The maximum atomic E-state index is 5.64. The van der Waals surface area contributed by atoms with Crippen LogP contribution in [0.2, 0.25) is 0 Å². The summed E-state index contributed by atoms with van der Waals surface area (Å²) in [5.74, 6) is 0. The van der Waals surface area contributed by atoms with Gasteiger partial charge in [0.25, 0.3) is 0 Å². The van der Waals surface area contributed by atoms with Crippen LogP contribution < -0.4 is 5.73 Å². The average molecular weight is 149 g/mol. The van der Waals surface area contributed by atoms with E-state index in [0.29, 0.717) is 5.17 Å². The summed E-state index contributed by atoms with van der Waals surface area (Å²) in [6.45, 7) is 5.55. The summed E-state index contributed by atoms with van der Waals surface area (Å²) in [5.41, 5.74) is 5.16. The normalized spacial score (nSPS) is 19.4. The fourth-order valence-electron chi connectivity index (χ4n) is 0.431. The number of nitrogens with zero attached hydrogens (tertiary/aromatic N) is 1. The van der Waals surface area contributed by atoms with E-state index in [1.807, 2.05) is 13.8 Å². The minimum atomic E-state index is -0.480. The lowest BCUT2D eigenvalue weighted by atomic mass is 10.2. The third kappa shape index (κ3) is 4.43. The second-order valence-electron chi connectivity index (χ2n) is 2.32. The smallest absolute Gasteiger partial charge is 0.106 e. The van der Waals surface area contributed by atoms with Crippen molar-refractivity contribution in [3.8, 4) is 0 Å². The molecule has 0 rings (SSSR count). The van der Waals surface area contributed by atoms with E-state index in [2.05, 4.69) is 4.99 Å². The monoisotopic (exact) mass is 148 g/mol. The maximum Gasteiger partial charge on any atom is 0.106 e. The summed E-state index contributed by atoms with van der Waals surface area (Å²) in [5, 5.41) is 0.516. The molecule has 0 saturated carbocycles. The average Bonchev–Trinajstić information content (AvgIpc) is 1.63. The summed E-state index contributed by atoms with van der Waals surface area (Å²) in [7, 11) is 0. The standard InChI is InChI=1S/C6H13ClN2/c1-4-6(3,8)9-5(2)7/h4,8H2,1-3H3/b9-5+/t6-/m0/s1. The molecular formula is C6H13ClN2. The van der Waals surface area contributed by atoms with Crippen LogP contribution in [0.5, 0.6) is 0 Å². The third-order valence-corrected chi connectivity index (χ3v) is 1.21. The van der Waals surface area contributed by atoms with E-state index < -0.39 is 5.66 Å². The number of rotatable bonds is 2. The zero-order valence-corrected chi connectivity index (χ0v) is 6.87. The molecule has 0 bridgehead atoms. The van der Waals surface area contributed by atoms with Crippen LogP contribution in [-0.2, 0) is 0 Å². The fraction of sp³-hybridized carbons (Fsp3) is 0.833. The summed E-state index contributed by atoms with van der Waals surface area (Å²) in [4.78, 5) is 3.99. The van der Waals surface area contributed by atoms with Gasteiger partial charge in [-0.2, -0.15) is 0 Å². The first-order valence-corrected chi connectivity index (χ1v) is 3.36. The summed E-state index contributed by atoms with van der Waals surface area (Å²) >= 11 is 5.51. The Bertz CT molecular complexity index is 114. The molecule has 0 saturated heterocycles. The van der Waals surface area contributed by atoms with Crippen LogP contribution in [0.15, 0.2) is 4.99 Å². The van der Waals surface area contributed by atoms with Crippen molar-refractivity contribution in [3.63, 3.8) is 0 Å². The lowest BCUT2D eigenvalue weighted by Crippen LogP contribution is -2.33. The number of hydrogen-bond donors (Lipinski definition) is 1. The van der Waals surface area contributed by atoms with E-state index in [9.17, 15) is 0 Å². The Balaban J connectivity index is 4.01. The molecule has 2 N–H and O–H groups in total. The number of aliphatic imine (C=N–C) groups is 1. The first kappa shape index (κ1) is 8.92. The molecule has 0 aliphatic carbocycles. The van der Waals surface area contributed by atoms with Gasteiger partial charge in [-0.1, -0.05) is 18.5 Å². The third-order valence-electron chi connectivity index (χ3n) is 1.13. The van der Waals surface area contributed by atoms with Crippen molar-refractivity contribution < 1.29 is 0 Å². The zero-order valence-electron chi connectivity index (χ0n) is 6.11. The highest BCUT2D eigenvalue weighted by Gasteiger charge is 2.11. The van der Waals surface area contributed by atoms with Crippen molar-refractivity contribution in [2.75, 3.05) is 0 Å². The van der Waals surface area contributed by atoms with E-state index in [0.717, 1.165) is 6.42 Å². The highest BCUT2D eigenvalue weighted by atomic mass is 35.5. The van der Waals surface area contributed by atoms with Crippen LogP contribution >= 0.6 is 11.6 Å². The van der Waals surface area contributed by atoms with Crippen molar-refractivity contribution in [2.45, 2.75) is 32.9 Å². The molecule has 0 radical (unpaired) electrons. The minimum absolute atomic E-state index is 0.480. The van der Waals surface area contributed by atoms with Gasteiger partial charge in [0.15, 0.2) is 0 Å². The van der Waals surface area contributed by atoms with Crippen molar-refractivity contribution in [3.05, 3.63) is 0 Å². The summed E-state index contributed by atoms with van der Waals surface area (Å²) in [6, 6.07) is 0. The molecule has 0 spiro atoms. The molecule has 54 valence electrons. The summed E-state index contributed by atoms with van der Waals surface area (Å²) in [6.07, 6.45) is 0.803. The summed E-state index contributed by atoms with van der Waals surface area (Å²) < 4.78 is 0. The first-order chi connectivity index (χ1) is 3.98. The molecule has 3 heteroatoms. The SMILES string of the molecule is CC[C@@](C)(N)/N=C(\C)Cl. The molecule has 0 heterocycles. The van der Waals surface area contributed by atoms with E-state index in [-0.39, 0.29) is 0 Å². The highest BCUT2D eigenvalue weighted by Crippen LogP contribution is 2.07. The van der Waals surface area contributed by atoms with Crippen molar-refractivity contribution in [1.29, 1.82) is 0 Å². The molecule has 0 fully saturated rings. The fourth-order valence-corrected chi connectivity index (χ4v) is 0.624. The van der Waals surface area contributed by atoms with Crippen molar-refractivity contribution in [1.82, 2.24) is 0 Å². The van der Waals surface area contributed by atoms with Gasteiger partial charge in [-0.15, -0.1) is 0 Å². The van der Waals surface area contributed by atoms with Gasteiger partial charge in [-0.25, -0.2) is 0 Å². The first-order valence-electron chi connectivity index (χ1n) is 2.99. The van der Waals surface area contributed by atoms with Gasteiger partial charge < -0.3 is 5.73 Å². The Hall–Kier alpha value is -0.0800. The molecule has 0 aromatic carbocycles. The van der Waals surface area contributed by atoms with Crippen LogP contribution in [-0.4, -0.2) is 10.8 Å². The lowest BCUT2D eigenvalue weighted by molar-refractivity contribution is 0.478. The van der Waals surface area contributed by atoms with Crippen molar-refractivity contribution >= 4 is 16.8 Å². The Kier molecular flexibility index (Phi) is 3.15. The molecular weight excluding hydrogens is 136 g/mol. The predicted molar refractivity (Wildman–Crippen MR) is 41.8 cm³/mol. The second-order valence-corrected chi connectivity index (χ2v) is 2.87. The van der Waals surface area contributed by atoms with Gasteiger partial charge in [0.1, 0.15) is 5.66 Å². The molecule has 0 amide bonds. The highest BCUT2D eigenvalue weighted by molar-refractivity contribution is 6.64. The molecule has 0 unspecified atom stereocenters. The van der Waals surface area contributed by atoms with Crippen LogP contribution in [0, 0.1) is 0 Å². The number of nitrogens with two attached hydrogens (primary N) is 1. The van der Waals surface area contributed by atoms with Crippen LogP contribution in [0.4, 0.5) is 0 Å². The lowest BCUT2D eigenvalue weighted by Gasteiger charge is -2.16. The Morgan fingerprint density at radius 2 is 2.22 bits per heavy atom. The van der Waals surface area contributed by atoms with Crippen LogP contribution in [0.3, 0.4) is 0 Å². The van der Waals surface area contributed by atoms with Gasteiger partial charge in [0.05, 0.1) is 5.17 Å². The topological polar surface area (TPSA) is 38.4 Å². The molecule has 0 aliphatic rings. The van der Waals surface area contributed by atoms with Crippen LogP contribution in [0.1, 0.15) is 27.2 Å². The maximum absolute atomic E-state index is 5.64. The van der Waals surface area contributed by atoms with E-state index >= 15 is 0 Å². The molecule has 0 aromatic rings. The van der Waals surface area contributed by atoms with Gasteiger partial charge in [0.2, 0.25) is 0 Å². The van der Waals surface area contributed by atoms with Gasteiger partial charge in [-0.05, 0) is 20.3 Å². The molecule has 9 heavy (non-hydrogen) atoms. The number of hydrogen-bond acceptors (Lipinski definition) is 2. The van der Waals surface area contributed by atoms with Gasteiger partial charge in [0, 0.05) is 0 Å². The van der Waals surface area contributed by atoms with E-state index in [1.54, 1.807) is 6.92 Å². The predicted octanol–water partition coefficient (Wildman–Crippen LogP) is 1.73. The molecule has 0 aliphatic heterocycles. The number of halogens is 1. The molecule has 0 aromatic heterocycles. The van der Waals surface area contributed by atoms with E-state index in [1.165, 1.54) is 0 Å². The molecule has 2 nitrogen and oxygen atoms in total. The Labute approximate surface area is 61.1 Å². The van der Waals surface area contributed by atoms with Gasteiger partial charge >= 0.3 is 0 Å².